The van der Waals surface area contributed by atoms with E-state index in [2.05, 4.69) is 21.0 Å². The number of hydrogen-bond donors (Lipinski definition) is 1. The number of unbranched alkanes of at least 4 members (excludes halogenated alkanes) is 1. The summed E-state index contributed by atoms with van der Waals surface area (Å²) in [4.78, 5) is 26.3. The summed E-state index contributed by atoms with van der Waals surface area (Å²) in [7, 11) is -3.55. The second-order valence-corrected chi connectivity index (χ2v) is 8.45. The number of nitrogens with one attached hydrogen (secondary N) is 1. The van der Waals surface area contributed by atoms with Crippen LogP contribution in [0.15, 0.2) is 12.2 Å². The zero-order valence-electron chi connectivity index (χ0n) is 16.3. The zero-order chi connectivity index (χ0) is 20.7. The number of carbonyl (C=O) groups excluding carboxylic acids is 2. The lowest BCUT2D eigenvalue weighted by molar-refractivity contribution is 0.0937. The van der Waals surface area contributed by atoms with Crippen LogP contribution in [0.25, 0.3) is 0 Å². The van der Waals surface area contributed by atoms with E-state index in [9.17, 15) is 18.0 Å². The Bertz CT molecular complexity index is 830. The van der Waals surface area contributed by atoms with Crippen LogP contribution in [0.3, 0.4) is 0 Å². The fraction of sp³-hybridized carbons (Fsp3) is 0.611. The summed E-state index contributed by atoms with van der Waals surface area (Å²) < 4.78 is 31.9. The zero-order valence-corrected chi connectivity index (χ0v) is 17.1. The van der Waals surface area contributed by atoms with Crippen LogP contribution in [-0.4, -0.2) is 61.4 Å². The topological polar surface area (TPSA) is 119 Å². The van der Waals surface area contributed by atoms with Crippen molar-refractivity contribution in [1.29, 1.82) is 0 Å². The van der Waals surface area contributed by atoms with Gasteiger partial charge in [-0.1, -0.05) is 19.9 Å². The van der Waals surface area contributed by atoms with Crippen molar-refractivity contribution < 1.29 is 26.9 Å². The Balaban J connectivity index is 1.92. The summed E-state index contributed by atoms with van der Waals surface area (Å²) >= 11 is 0. The molecule has 1 aromatic rings. The van der Waals surface area contributed by atoms with Gasteiger partial charge in [-0.15, -0.1) is 0 Å². The minimum absolute atomic E-state index is 0.140. The number of H-pyrrole nitrogens is 1. The third-order valence-corrected chi connectivity index (χ3v) is 4.91. The Morgan fingerprint density at radius 1 is 1.32 bits per heavy atom. The fourth-order valence-electron chi connectivity index (χ4n) is 2.75. The van der Waals surface area contributed by atoms with Crippen molar-refractivity contribution in [3.05, 3.63) is 29.1 Å². The SMILES string of the molecule is C=C(CCC(=O)c1[nH]nc2c1CN(C(=O)OCCCC)CC2)COS(C)(=O)=O. The number of carbonyl (C=O) groups is 2. The summed E-state index contributed by atoms with van der Waals surface area (Å²) in [6, 6.07) is 0. The molecule has 0 spiro atoms. The van der Waals surface area contributed by atoms with Crippen LogP contribution in [-0.2, 0) is 32.0 Å². The van der Waals surface area contributed by atoms with Gasteiger partial charge in [0.1, 0.15) is 5.69 Å². The van der Waals surface area contributed by atoms with E-state index in [1.807, 2.05) is 6.92 Å². The molecule has 0 fully saturated rings. The van der Waals surface area contributed by atoms with Gasteiger partial charge in [0.25, 0.3) is 10.1 Å². The lowest BCUT2D eigenvalue weighted by atomic mass is 10.0. The van der Waals surface area contributed by atoms with Crippen LogP contribution in [0, 0.1) is 0 Å². The molecule has 2 heterocycles. The maximum absolute atomic E-state index is 12.6. The lowest BCUT2D eigenvalue weighted by Gasteiger charge is -2.26. The van der Waals surface area contributed by atoms with Gasteiger partial charge in [0.05, 0.1) is 31.7 Å². The molecular weight excluding hydrogens is 386 g/mol. The van der Waals surface area contributed by atoms with E-state index in [0.29, 0.717) is 42.8 Å². The number of aromatic amines is 1. The van der Waals surface area contributed by atoms with E-state index in [0.717, 1.165) is 24.8 Å². The molecule has 9 nitrogen and oxygen atoms in total. The van der Waals surface area contributed by atoms with Crippen LogP contribution in [0.5, 0.6) is 0 Å². The highest BCUT2D eigenvalue weighted by atomic mass is 32.2. The van der Waals surface area contributed by atoms with Gasteiger partial charge in [-0.05, 0) is 18.4 Å². The Morgan fingerprint density at radius 2 is 2.07 bits per heavy atom. The van der Waals surface area contributed by atoms with Crippen molar-refractivity contribution in [2.24, 2.45) is 0 Å². The van der Waals surface area contributed by atoms with Crippen LogP contribution in [0.1, 0.15) is 54.4 Å². The van der Waals surface area contributed by atoms with Crippen LogP contribution < -0.4 is 0 Å². The molecule has 1 amide bonds. The summed E-state index contributed by atoms with van der Waals surface area (Å²) in [5.74, 6) is -0.171. The quantitative estimate of drug-likeness (QED) is 0.270. The van der Waals surface area contributed by atoms with Crippen molar-refractivity contribution in [2.45, 2.75) is 45.6 Å². The van der Waals surface area contributed by atoms with Crippen molar-refractivity contribution in [3.63, 3.8) is 0 Å². The molecule has 0 saturated heterocycles. The standard InChI is InChI=1S/C18H27N3O6S/c1-4-5-10-26-18(23)21-9-8-15-14(11-21)17(20-19-15)16(22)7-6-13(2)12-27-28(3,24)25/h2,4-12H2,1,3H3,(H,19,20). The molecule has 1 aliphatic heterocycles. The summed E-state index contributed by atoms with van der Waals surface area (Å²) in [5, 5.41) is 6.96. The molecular formula is C18H27N3O6S. The number of hydrogen-bond acceptors (Lipinski definition) is 7. The Kier molecular flexibility index (Phi) is 7.76. The maximum Gasteiger partial charge on any atom is 0.410 e. The monoisotopic (exact) mass is 413 g/mol. The largest absolute Gasteiger partial charge is 0.449 e. The van der Waals surface area contributed by atoms with Crippen molar-refractivity contribution in [1.82, 2.24) is 15.1 Å². The molecule has 0 unspecified atom stereocenters. The molecule has 1 aliphatic rings. The number of aromatic nitrogens is 2. The molecule has 0 radical (unpaired) electrons. The van der Waals surface area contributed by atoms with Gasteiger partial charge in [-0.2, -0.15) is 13.5 Å². The van der Waals surface area contributed by atoms with Crippen LogP contribution in [0.2, 0.25) is 0 Å². The van der Waals surface area contributed by atoms with Crippen LogP contribution in [0.4, 0.5) is 4.79 Å². The van der Waals surface area contributed by atoms with Crippen molar-refractivity contribution >= 4 is 22.0 Å². The molecule has 0 aromatic carbocycles. The van der Waals surface area contributed by atoms with Gasteiger partial charge < -0.3 is 9.64 Å². The highest BCUT2D eigenvalue weighted by Gasteiger charge is 2.28. The van der Waals surface area contributed by atoms with E-state index < -0.39 is 10.1 Å². The Hall–Kier alpha value is -2.20. The summed E-state index contributed by atoms with van der Waals surface area (Å²) in [6.07, 6.45) is 3.32. The first-order valence-corrected chi connectivity index (χ1v) is 11.0. The highest BCUT2D eigenvalue weighted by molar-refractivity contribution is 7.86. The maximum atomic E-state index is 12.6. The summed E-state index contributed by atoms with van der Waals surface area (Å²) in [6.45, 7) is 6.76. The molecule has 2 rings (SSSR count). The molecule has 0 aliphatic carbocycles. The molecule has 10 heteroatoms. The number of rotatable bonds is 10. The first-order chi connectivity index (χ1) is 13.2. The molecule has 0 atom stereocenters. The van der Waals surface area contributed by atoms with Crippen molar-refractivity contribution in [2.75, 3.05) is 26.0 Å². The Morgan fingerprint density at radius 3 is 2.75 bits per heavy atom. The van der Waals surface area contributed by atoms with Gasteiger partial charge in [0.2, 0.25) is 0 Å². The number of ether oxygens (including phenoxy) is 1. The van der Waals surface area contributed by atoms with Crippen molar-refractivity contribution in [3.8, 4) is 0 Å². The van der Waals surface area contributed by atoms with Gasteiger partial charge in [-0.3, -0.25) is 14.1 Å². The number of ketones is 1. The third-order valence-electron chi connectivity index (χ3n) is 4.36. The molecule has 1 aromatic heterocycles. The second-order valence-electron chi connectivity index (χ2n) is 6.80. The number of fused-ring (bicyclic) bond motifs is 1. The second kappa shape index (κ2) is 9.83. The minimum Gasteiger partial charge on any atom is -0.449 e. The van der Waals surface area contributed by atoms with E-state index in [-0.39, 0.29) is 31.4 Å². The molecule has 156 valence electrons. The third kappa shape index (κ3) is 6.45. The average Bonchev–Trinajstić information content (AvgIpc) is 3.07. The average molecular weight is 413 g/mol. The molecule has 28 heavy (non-hydrogen) atoms. The van der Waals surface area contributed by atoms with Gasteiger partial charge >= 0.3 is 6.09 Å². The number of Topliss-reactive ketones (excluding diaryl/α,β-unsaturated/α-hetero) is 1. The minimum atomic E-state index is -3.55. The fourth-order valence-corrected chi connectivity index (χ4v) is 3.13. The predicted molar refractivity (Wildman–Crippen MR) is 102 cm³/mol. The number of amides is 1. The molecule has 1 N–H and O–H groups in total. The first-order valence-electron chi connectivity index (χ1n) is 9.23. The smallest absolute Gasteiger partial charge is 0.410 e. The van der Waals surface area contributed by atoms with Gasteiger partial charge in [-0.25, -0.2) is 4.79 Å². The van der Waals surface area contributed by atoms with E-state index in [1.165, 1.54) is 0 Å². The highest BCUT2D eigenvalue weighted by Crippen LogP contribution is 2.23. The summed E-state index contributed by atoms with van der Waals surface area (Å²) in [5.41, 5.74) is 2.37. The normalized spacial score (nSPS) is 13.9. The van der Waals surface area contributed by atoms with E-state index in [1.54, 1.807) is 4.90 Å². The lowest BCUT2D eigenvalue weighted by Crippen LogP contribution is -2.36. The van der Waals surface area contributed by atoms with E-state index >= 15 is 0 Å². The number of nitrogens with zero attached hydrogens (tertiary/aromatic N) is 2. The molecule has 0 bridgehead atoms. The predicted octanol–water partition coefficient (Wildman–Crippen LogP) is 2.20. The Labute approximate surface area is 165 Å². The van der Waals surface area contributed by atoms with Gasteiger partial charge in [0.15, 0.2) is 5.78 Å². The van der Waals surface area contributed by atoms with Crippen LogP contribution >= 0.6 is 0 Å². The van der Waals surface area contributed by atoms with E-state index in [4.69, 9.17) is 4.74 Å². The molecule has 0 saturated carbocycles. The first kappa shape index (κ1) is 22.1. The van der Waals surface area contributed by atoms with Gasteiger partial charge in [0, 0.05) is 24.9 Å².